The Hall–Kier alpha value is -2.25. The van der Waals surface area contributed by atoms with Crippen LogP contribution in [0.15, 0.2) is 35.7 Å². The van der Waals surface area contributed by atoms with Crippen LogP contribution in [0, 0.1) is 5.92 Å². The topological polar surface area (TPSA) is 82.5 Å². The Balaban J connectivity index is 1.42. The molecule has 1 aliphatic rings. The molecule has 0 spiro atoms. The number of aromatic nitrogens is 1. The zero-order valence-corrected chi connectivity index (χ0v) is 14.7. The normalized spacial score (nSPS) is 15.8. The van der Waals surface area contributed by atoms with Gasteiger partial charge in [-0.15, -0.1) is 11.3 Å². The first kappa shape index (κ1) is 17.6. The van der Waals surface area contributed by atoms with Crippen molar-refractivity contribution >= 4 is 23.2 Å². The van der Waals surface area contributed by atoms with Crippen molar-refractivity contribution in [1.82, 2.24) is 15.2 Å². The van der Waals surface area contributed by atoms with Gasteiger partial charge in [-0.05, 0) is 31.5 Å². The Kier molecular flexibility index (Phi) is 5.78. The monoisotopic (exact) mass is 359 g/mol. The summed E-state index contributed by atoms with van der Waals surface area (Å²) >= 11 is 1.25. The minimum absolute atomic E-state index is 0.0194. The van der Waals surface area contributed by atoms with Crippen molar-refractivity contribution in [1.29, 1.82) is 0 Å². The highest BCUT2D eigenvalue weighted by atomic mass is 32.1. The molecule has 2 heterocycles. The van der Waals surface area contributed by atoms with Gasteiger partial charge in [0.25, 0.3) is 0 Å². The molecule has 25 heavy (non-hydrogen) atoms. The van der Waals surface area contributed by atoms with Gasteiger partial charge in [-0.2, -0.15) is 0 Å². The second-order valence-corrected chi connectivity index (χ2v) is 7.13. The van der Waals surface area contributed by atoms with Crippen LogP contribution in [-0.2, 0) is 17.9 Å². The molecule has 7 heteroatoms. The Labute approximate surface area is 150 Å². The minimum atomic E-state index is -1.04. The van der Waals surface area contributed by atoms with E-state index in [0.29, 0.717) is 11.6 Å². The lowest BCUT2D eigenvalue weighted by atomic mass is 9.95. The van der Waals surface area contributed by atoms with Gasteiger partial charge in [0.1, 0.15) is 5.01 Å². The van der Waals surface area contributed by atoms with Gasteiger partial charge in [-0.1, -0.05) is 30.3 Å². The van der Waals surface area contributed by atoms with Gasteiger partial charge in [0, 0.05) is 17.8 Å². The molecule has 0 radical (unpaired) electrons. The summed E-state index contributed by atoms with van der Waals surface area (Å²) in [6.07, 6.45) is 1.69. The van der Waals surface area contributed by atoms with E-state index in [1.165, 1.54) is 22.3 Å². The number of aromatic carboxylic acids is 1. The third-order valence-corrected chi connectivity index (χ3v) is 5.24. The van der Waals surface area contributed by atoms with Crippen molar-refractivity contribution in [3.63, 3.8) is 0 Å². The second-order valence-electron chi connectivity index (χ2n) is 6.19. The van der Waals surface area contributed by atoms with E-state index in [9.17, 15) is 9.59 Å². The van der Waals surface area contributed by atoms with Crippen LogP contribution in [0.1, 0.15) is 33.9 Å². The third kappa shape index (κ3) is 4.87. The van der Waals surface area contributed by atoms with E-state index >= 15 is 0 Å². The van der Waals surface area contributed by atoms with Crippen LogP contribution in [0.4, 0.5) is 0 Å². The Morgan fingerprint density at radius 1 is 1.24 bits per heavy atom. The standard InChI is InChI=1S/C18H21N3O3S/c22-17(19-10-16-20-15(12-25-16)18(23)24)14-6-8-21(9-7-14)11-13-4-2-1-3-5-13/h1-5,12,14H,6-11H2,(H,19,22)(H,23,24). The van der Waals surface area contributed by atoms with Crippen molar-refractivity contribution in [2.75, 3.05) is 13.1 Å². The lowest BCUT2D eigenvalue weighted by Gasteiger charge is -2.31. The number of piperidine rings is 1. The molecular weight excluding hydrogens is 338 g/mol. The van der Waals surface area contributed by atoms with Crippen molar-refractivity contribution in [2.24, 2.45) is 5.92 Å². The van der Waals surface area contributed by atoms with Crippen LogP contribution in [0.3, 0.4) is 0 Å². The Bertz CT molecular complexity index is 724. The second kappa shape index (κ2) is 8.22. The molecule has 0 bridgehead atoms. The summed E-state index contributed by atoms with van der Waals surface area (Å²) in [5.74, 6) is -0.989. The molecule has 1 aromatic heterocycles. The molecule has 2 aromatic rings. The first-order chi connectivity index (χ1) is 12.1. The maximum atomic E-state index is 12.3. The van der Waals surface area contributed by atoms with Crippen molar-refractivity contribution in [2.45, 2.75) is 25.9 Å². The summed E-state index contributed by atoms with van der Waals surface area (Å²) in [6.45, 7) is 3.04. The third-order valence-electron chi connectivity index (χ3n) is 4.39. The van der Waals surface area contributed by atoms with Crippen LogP contribution in [-0.4, -0.2) is 40.0 Å². The van der Waals surface area contributed by atoms with Gasteiger partial charge in [0.15, 0.2) is 5.69 Å². The van der Waals surface area contributed by atoms with Crippen LogP contribution >= 0.6 is 11.3 Å². The van der Waals surface area contributed by atoms with Crippen molar-refractivity contribution in [3.8, 4) is 0 Å². The fourth-order valence-corrected chi connectivity index (χ4v) is 3.70. The molecule has 1 aliphatic heterocycles. The number of rotatable bonds is 6. The SMILES string of the molecule is O=C(O)c1csc(CNC(=O)C2CCN(Cc3ccccc3)CC2)n1. The van der Waals surface area contributed by atoms with E-state index in [4.69, 9.17) is 5.11 Å². The molecule has 6 nitrogen and oxygen atoms in total. The van der Waals surface area contributed by atoms with Gasteiger partial charge in [-0.25, -0.2) is 9.78 Å². The van der Waals surface area contributed by atoms with E-state index < -0.39 is 5.97 Å². The number of nitrogens with one attached hydrogen (secondary N) is 1. The summed E-state index contributed by atoms with van der Waals surface area (Å²) in [6, 6.07) is 10.4. The quantitative estimate of drug-likeness (QED) is 0.827. The summed E-state index contributed by atoms with van der Waals surface area (Å²) in [4.78, 5) is 29.5. The highest BCUT2D eigenvalue weighted by Crippen LogP contribution is 2.19. The van der Waals surface area contributed by atoms with Crippen molar-refractivity contribution < 1.29 is 14.7 Å². The number of carboxylic acid groups (broad SMARTS) is 1. The predicted molar refractivity (Wildman–Crippen MR) is 95.4 cm³/mol. The number of carbonyl (C=O) groups excluding carboxylic acids is 1. The molecule has 2 N–H and O–H groups in total. The molecule has 132 valence electrons. The predicted octanol–water partition coefficient (Wildman–Crippen LogP) is 2.37. The van der Waals surface area contributed by atoms with E-state index in [0.717, 1.165) is 32.5 Å². The van der Waals surface area contributed by atoms with Gasteiger partial charge in [-0.3, -0.25) is 9.69 Å². The maximum absolute atomic E-state index is 12.3. The minimum Gasteiger partial charge on any atom is -0.476 e. The molecule has 1 aromatic carbocycles. The first-order valence-corrected chi connectivity index (χ1v) is 9.21. The number of carboxylic acids is 1. The molecule has 0 aliphatic carbocycles. The summed E-state index contributed by atoms with van der Waals surface area (Å²) in [5.41, 5.74) is 1.33. The Morgan fingerprint density at radius 2 is 1.96 bits per heavy atom. The van der Waals surface area contributed by atoms with Gasteiger partial charge < -0.3 is 10.4 Å². The zero-order chi connectivity index (χ0) is 17.6. The number of likely N-dealkylation sites (tertiary alicyclic amines) is 1. The van der Waals surface area contributed by atoms with Crippen molar-refractivity contribution in [3.05, 3.63) is 52.0 Å². The molecule has 0 saturated carbocycles. The average Bonchev–Trinajstić information content (AvgIpc) is 3.11. The number of hydrogen-bond acceptors (Lipinski definition) is 5. The number of amides is 1. The maximum Gasteiger partial charge on any atom is 0.355 e. The molecule has 0 unspecified atom stereocenters. The van der Waals surface area contributed by atoms with E-state index in [1.54, 1.807) is 0 Å². The van der Waals surface area contributed by atoms with E-state index in [2.05, 4.69) is 27.3 Å². The molecule has 1 saturated heterocycles. The van der Waals surface area contributed by atoms with Crippen LogP contribution in [0.25, 0.3) is 0 Å². The highest BCUT2D eigenvalue weighted by Gasteiger charge is 2.25. The molecule has 1 amide bonds. The highest BCUT2D eigenvalue weighted by molar-refractivity contribution is 7.09. The Morgan fingerprint density at radius 3 is 2.60 bits per heavy atom. The molecule has 3 rings (SSSR count). The number of carbonyl (C=O) groups is 2. The molecule has 1 fully saturated rings. The lowest BCUT2D eigenvalue weighted by molar-refractivity contribution is -0.126. The fourth-order valence-electron chi connectivity index (χ4n) is 2.99. The number of thiazole rings is 1. The fraction of sp³-hybridized carbons (Fsp3) is 0.389. The summed E-state index contributed by atoms with van der Waals surface area (Å²) < 4.78 is 0. The summed E-state index contributed by atoms with van der Waals surface area (Å²) in [5, 5.41) is 13.9. The molecule has 0 atom stereocenters. The largest absolute Gasteiger partial charge is 0.476 e. The lowest BCUT2D eigenvalue weighted by Crippen LogP contribution is -2.40. The number of benzene rings is 1. The smallest absolute Gasteiger partial charge is 0.355 e. The van der Waals surface area contributed by atoms with Crippen LogP contribution < -0.4 is 5.32 Å². The van der Waals surface area contributed by atoms with Gasteiger partial charge in [0.2, 0.25) is 5.91 Å². The zero-order valence-electron chi connectivity index (χ0n) is 13.9. The number of hydrogen-bond donors (Lipinski definition) is 2. The molecular formula is C18H21N3O3S. The van der Waals surface area contributed by atoms with Gasteiger partial charge in [0.05, 0.1) is 6.54 Å². The van der Waals surface area contributed by atoms with Crippen LogP contribution in [0.5, 0.6) is 0 Å². The van der Waals surface area contributed by atoms with Gasteiger partial charge >= 0.3 is 5.97 Å². The number of nitrogens with zero attached hydrogens (tertiary/aromatic N) is 2. The first-order valence-electron chi connectivity index (χ1n) is 8.33. The average molecular weight is 359 g/mol. The van der Waals surface area contributed by atoms with E-state index in [-0.39, 0.29) is 17.5 Å². The van der Waals surface area contributed by atoms with E-state index in [1.807, 2.05) is 18.2 Å². The summed E-state index contributed by atoms with van der Waals surface area (Å²) in [7, 11) is 0. The van der Waals surface area contributed by atoms with Crippen LogP contribution in [0.2, 0.25) is 0 Å².